The van der Waals surface area contributed by atoms with Gasteiger partial charge in [0.05, 0.1) is 18.0 Å². The van der Waals surface area contributed by atoms with Crippen molar-refractivity contribution in [3.05, 3.63) is 50.9 Å². The maximum Gasteiger partial charge on any atom is 0.227 e. The second kappa shape index (κ2) is 9.19. The Hall–Kier alpha value is -2.12. The summed E-state index contributed by atoms with van der Waals surface area (Å²) in [7, 11) is 1.79. The van der Waals surface area contributed by atoms with E-state index in [1.165, 1.54) is 4.88 Å². The number of hydrogen-bond donors (Lipinski definition) is 1. The van der Waals surface area contributed by atoms with E-state index >= 15 is 0 Å². The average Bonchev–Trinajstić information content (AvgIpc) is 3.08. The molecule has 0 saturated carbocycles. The Morgan fingerprint density at radius 3 is 2.67 bits per heavy atom. The molecule has 0 atom stereocenters. The fraction of sp³-hybridized carbons (Fsp3) is 0.421. The van der Waals surface area contributed by atoms with Crippen molar-refractivity contribution in [1.82, 2.24) is 20.1 Å². The molecule has 1 aromatic heterocycles. The van der Waals surface area contributed by atoms with Crippen molar-refractivity contribution in [1.29, 1.82) is 0 Å². The minimum Gasteiger partial charge on any atom is -0.351 e. The summed E-state index contributed by atoms with van der Waals surface area (Å²) in [5, 5.41) is 5.11. The standard InChI is InChI=1S/C19H24ClN5OS/c1-14-22-12-17(27-14)13-23-19(21-2)25-8-6-24(7-9-25)18(26)11-15-4-3-5-16(20)10-15/h3-5,10,12H,6-9,11,13H2,1-2H3,(H,21,23). The molecule has 1 N–H and O–H groups in total. The topological polar surface area (TPSA) is 60.8 Å². The van der Waals surface area contributed by atoms with Crippen LogP contribution in [0.1, 0.15) is 15.4 Å². The van der Waals surface area contributed by atoms with Crippen LogP contribution in [0, 0.1) is 6.92 Å². The summed E-state index contributed by atoms with van der Waals surface area (Å²) in [6.07, 6.45) is 2.28. The summed E-state index contributed by atoms with van der Waals surface area (Å²) >= 11 is 7.69. The van der Waals surface area contributed by atoms with E-state index in [0.29, 0.717) is 31.1 Å². The van der Waals surface area contributed by atoms with Crippen LogP contribution in [0.5, 0.6) is 0 Å². The lowest BCUT2D eigenvalue weighted by Gasteiger charge is -2.36. The number of aromatic nitrogens is 1. The molecule has 1 amide bonds. The Morgan fingerprint density at radius 2 is 2.04 bits per heavy atom. The van der Waals surface area contributed by atoms with Crippen LogP contribution in [0.25, 0.3) is 0 Å². The van der Waals surface area contributed by atoms with Crippen LogP contribution in [0.4, 0.5) is 0 Å². The van der Waals surface area contributed by atoms with Crippen LogP contribution in [0.2, 0.25) is 5.02 Å². The van der Waals surface area contributed by atoms with Crippen molar-refractivity contribution in [3.8, 4) is 0 Å². The zero-order valence-electron chi connectivity index (χ0n) is 15.6. The van der Waals surface area contributed by atoms with Gasteiger partial charge in [0.25, 0.3) is 0 Å². The number of nitrogens with one attached hydrogen (secondary N) is 1. The molecule has 1 aromatic carbocycles. The van der Waals surface area contributed by atoms with Crippen LogP contribution in [0.3, 0.4) is 0 Å². The third kappa shape index (κ3) is 5.43. The molecule has 6 nitrogen and oxygen atoms in total. The first-order chi connectivity index (χ1) is 13.0. The first-order valence-electron chi connectivity index (χ1n) is 8.94. The predicted molar refractivity (Wildman–Crippen MR) is 110 cm³/mol. The van der Waals surface area contributed by atoms with Crippen molar-refractivity contribution in [2.75, 3.05) is 33.2 Å². The second-order valence-corrected chi connectivity index (χ2v) is 8.18. The molecule has 144 valence electrons. The maximum absolute atomic E-state index is 12.6. The van der Waals surface area contributed by atoms with E-state index in [0.717, 1.165) is 29.6 Å². The van der Waals surface area contributed by atoms with Gasteiger partial charge in [-0.2, -0.15) is 0 Å². The van der Waals surface area contributed by atoms with Crippen LogP contribution >= 0.6 is 22.9 Å². The average molecular weight is 406 g/mol. The van der Waals surface area contributed by atoms with E-state index in [4.69, 9.17) is 11.6 Å². The van der Waals surface area contributed by atoms with Crippen molar-refractivity contribution in [2.45, 2.75) is 19.9 Å². The number of aryl methyl sites for hydroxylation is 1. The van der Waals surface area contributed by atoms with Gasteiger partial charge < -0.3 is 15.1 Å². The Balaban J connectivity index is 1.49. The third-order valence-corrected chi connectivity index (χ3v) is 5.63. The first kappa shape index (κ1) is 19.6. The Bertz CT molecular complexity index is 814. The molecular formula is C19H24ClN5OS. The number of halogens is 1. The summed E-state index contributed by atoms with van der Waals surface area (Å²) in [5.74, 6) is 1.00. The largest absolute Gasteiger partial charge is 0.351 e. The molecule has 3 rings (SSSR count). The minimum absolute atomic E-state index is 0.139. The highest BCUT2D eigenvalue weighted by molar-refractivity contribution is 7.11. The molecule has 8 heteroatoms. The van der Waals surface area contributed by atoms with Crippen molar-refractivity contribution in [2.24, 2.45) is 4.99 Å². The molecule has 0 aliphatic carbocycles. The van der Waals surface area contributed by atoms with Gasteiger partial charge in [-0.1, -0.05) is 23.7 Å². The number of hydrogen-bond acceptors (Lipinski definition) is 4. The first-order valence-corrected chi connectivity index (χ1v) is 10.1. The molecule has 1 fully saturated rings. The number of thiazole rings is 1. The van der Waals surface area contributed by atoms with E-state index in [9.17, 15) is 4.79 Å². The number of amides is 1. The van der Waals surface area contributed by atoms with Crippen LogP contribution in [-0.2, 0) is 17.8 Å². The van der Waals surface area contributed by atoms with E-state index < -0.39 is 0 Å². The van der Waals surface area contributed by atoms with Crippen LogP contribution in [-0.4, -0.2) is 59.9 Å². The number of aliphatic imine (C=N–C) groups is 1. The molecule has 0 unspecified atom stereocenters. The number of carbonyl (C=O) groups is 1. The summed E-state index contributed by atoms with van der Waals surface area (Å²) in [6, 6.07) is 7.49. The van der Waals surface area contributed by atoms with Gasteiger partial charge in [-0.25, -0.2) is 4.98 Å². The number of rotatable bonds is 4. The highest BCUT2D eigenvalue weighted by Crippen LogP contribution is 2.14. The van der Waals surface area contributed by atoms with Gasteiger partial charge in [0.1, 0.15) is 0 Å². The van der Waals surface area contributed by atoms with Crippen molar-refractivity contribution < 1.29 is 4.79 Å². The van der Waals surface area contributed by atoms with E-state index in [1.807, 2.05) is 42.3 Å². The van der Waals surface area contributed by atoms with Crippen molar-refractivity contribution >= 4 is 34.8 Å². The summed E-state index contributed by atoms with van der Waals surface area (Å²) in [6.45, 7) is 5.64. The molecular weight excluding hydrogens is 382 g/mol. The molecule has 2 aromatic rings. The highest BCUT2D eigenvalue weighted by Gasteiger charge is 2.23. The lowest BCUT2D eigenvalue weighted by molar-refractivity contribution is -0.131. The quantitative estimate of drug-likeness (QED) is 0.627. The van der Waals surface area contributed by atoms with Crippen LogP contribution in [0.15, 0.2) is 35.5 Å². The molecule has 1 aliphatic rings. The van der Waals surface area contributed by atoms with Gasteiger partial charge in [0.2, 0.25) is 5.91 Å². The minimum atomic E-state index is 0.139. The zero-order valence-corrected chi connectivity index (χ0v) is 17.2. The van der Waals surface area contributed by atoms with Gasteiger partial charge in [0.15, 0.2) is 5.96 Å². The lowest BCUT2D eigenvalue weighted by atomic mass is 10.1. The smallest absolute Gasteiger partial charge is 0.227 e. The normalized spacial score (nSPS) is 15.1. The molecule has 0 radical (unpaired) electrons. The molecule has 27 heavy (non-hydrogen) atoms. The predicted octanol–water partition coefficient (Wildman–Crippen LogP) is 2.57. The molecule has 2 heterocycles. The summed E-state index contributed by atoms with van der Waals surface area (Å²) in [4.78, 5) is 26.5. The number of piperazine rings is 1. The zero-order chi connectivity index (χ0) is 19.2. The molecule has 1 saturated heterocycles. The highest BCUT2D eigenvalue weighted by atomic mass is 35.5. The SMILES string of the molecule is CN=C(NCc1cnc(C)s1)N1CCN(C(=O)Cc2cccc(Cl)c2)CC1. The van der Waals surface area contributed by atoms with Gasteiger partial charge >= 0.3 is 0 Å². The van der Waals surface area contributed by atoms with Gasteiger partial charge in [-0.3, -0.25) is 9.79 Å². The molecule has 0 spiro atoms. The number of benzene rings is 1. The Morgan fingerprint density at radius 1 is 1.30 bits per heavy atom. The monoisotopic (exact) mass is 405 g/mol. The van der Waals surface area contributed by atoms with E-state index in [-0.39, 0.29) is 5.91 Å². The molecule has 1 aliphatic heterocycles. The number of nitrogens with zero attached hydrogens (tertiary/aromatic N) is 4. The fourth-order valence-corrected chi connectivity index (χ4v) is 4.03. The number of guanidine groups is 1. The summed E-state index contributed by atoms with van der Waals surface area (Å²) < 4.78 is 0. The fourth-order valence-electron chi connectivity index (χ4n) is 3.09. The Labute approximate surface area is 168 Å². The van der Waals surface area contributed by atoms with Crippen LogP contribution < -0.4 is 5.32 Å². The number of carbonyl (C=O) groups excluding carboxylic acids is 1. The second-order valence-electron chi connectivity index (χ2n) is 6.42. The van der Waals surface area contributed by atoms with Gasteiger partial charge in [-0.05, 0) is 24.6 Å². The van der Waals surface area contributed by atoms with Gasteiger partial charge in [-0.15, -0.1) is 11.3 Å². The third-order valence-electron chi connectivity index (χ3n) is 4.48. The lowest BCUT2D eigenvalue weighted by Crippen LogP contribution is -2.53. The van der Waals surface area contributed by atoms with Gasteiger partial charge in [0, 0.05) is 49.3 Å². The maximum atomic E-state index is 12.6. The van der Waals surface area contributed by atoms with E-state index in [2.05, 4.69) is 20.2 Å². The Kier molecular flexibility index (Phi) is 6.68. The van der Waals surface area contributed by atoms with E-state index in [1.54, 1.807) is 18.4 Å². The summed E-state index contributed by atoms with van der Waals surface area (Å²) in [5.41, 5.74) is 0.951. The van der Waals surface area contributed by atoms with Crippen molar-refractivity contribution in [3.63, 3.8) is 0 Å². The molecule has 0 bridgehead atoms.